The lowest BCUT2D eigenvalue weighted by Gasteiger charge is -2.17. The van der Waals surface area contributed by atoms with Crippen molar-refractivity contribution < 1.29 is 28.7 Å². The minimum Gasteiger partial charge on any atom is -0.462 e. The van der Waals surface area contributed by atoms with Gasteiger partial charge in [0.15, 0.2) is 6.61 Å². The van der Waals surface area contributed by atoms with Crippen molar-refractivity contribution in [3.63, 3.8) is 0 Å². The minimum absolute atomic E-state index is 0.00167. The van der Waals surface area contributed by atoms with Gasteiger partial charge in [-0.2, -0.15) is 0 Å². The fraction of sp³-hybridized carbons (Fsp3) is 0.385. The molecule has 0 bridgehead atoms. The summed E-state index contributed by atoms with van der Waals surface area (Å²) in [6.07, 6.45) is 1.74. The zero-order chi connectivity index (χ0) is 24.5. The molecule has 2 amide bonds. The lowest BCUT2D eigenvalue weighted by molar-refractivity contribution is -0.152. The average molecular weight is 467 g/mol. The van der Waals surface area contributed by atoms with Crippen LogP contribution in [0.4, 0.5) is 5.69 Å². The van der Waals surface area contributed by atoms with Crippen LogP contribution < -0.4 is 10.2 Å². The number of hydrogen-bond acceptors (Lipinski definition) is 6. The first-order valence-corrected chi connectivity index (χ1v) is 11.5. The van der Waals surface area contributed by atoms with E-state index < -0.39 is 30.4 Å². The first kappa shape index (κ1) is 25.0. The second-order valence-electron chi connectivity index (χ2n) is 8.25. The van der Waals surface area contributed by atoms with Crippen LogP contribution in [0.3, 0.4) is 0 Å². The van der Waals surface area contributed by atoms with Crippen LogP contribution >= 0.6 is 0 Å². The number of carbonyl (C=O) groups is 4. The molecule has 0 aliphatic carbocycles. The molecule has 8 nitrogen and oxygen atoms in total. The fourth-order valence-corrected chi connectivity index (χ4v) is 3.65. The van der Waals surface area contributed by atoms with Crippen molar-refractivity contribution >= 4 is 29.4 Å². The van der Waals surface area contributed by atoms with E-state index in [4.69, 9.17) is 9.47 Å². The van der Waals surface area contributed by atoms with Gasteiger partial charge in [0.25, 0.3) is 5.91 Å². The molecule has 3 rings (SSSR count). The molecule has 1 aliphatic rings. The summed E-state index contributed by atoms with van der Waals surface area (Å²) in [4.78, 5) is 50.6. The molecular weight excluding hydrogens is 436 g/mol. The third kappa shape index (κ3) is 6.66. The Labute approximate surface area is 199 Å². The summed E-state index contributed by atoms with van der Waals surface area (Å²) in [6.45, 7) is 3.98. The van der Waals surface area contributed by atoms with E-state index in [-0.39, 0.29) is 24.9 Å². The monoisotopic (exact) mass is 466 g/mol. The van der Waals surface area contributed by atoms with Crippen LogP contribution in [0.25, 0.3) is 0 Å². The van der Waals surface area contributed by atoms with E-state index in [0.717, 1.165) is 18.4 Å². The van der Waals surface area contributed by atoms with Crippen LogP contribution in [0.1, 0.15) is 55.1 Å². The van der Waals surface area contributed by atoms with E-state index in [1.54, 1.807) is 24.3 Å². The molecule has 2 atom stereocenters. The first-order valence-electron chi connectivity index (χ1n) is 11.5. The summed E-state index contributed by atoms with van der Waals surface area (Å²) in [5, 5.41) is 2.78. The Morgan fingerprint density at radius 3 is 2.44 bits per heavy atom. The Morgan fingerprint density at radius 2 is 1.76 bits per heavy atom. The van der Waals surface area contributed by atoms with Crippen molar-refractivity contribution in [3.8, 4) is 0 Å². The van der Waals surface area contributed by atoms with Crippen LogP contribution in [-0.4, -0.2) is 43.5 Å². The molecule has 0 unspecified atom stereocenters. The summed E-state index contributed by atoms with van der Waals surface area (Å²) in [6, 6.07) is 15.7. The third-order valence-electron chi connectivity index (χ3n) is 5.63. The van der Waals surface area contributed by atoms with Crippen molar-refractivity contribution in [1.82, 2.24) is 5.32 Å². The molecule has 180 valence electrons. The quantitative estimate of drug-likeness (QED) is 0.425. The Hall–Kier alpha value is -3.68. The number of nitrogens with zero attached hydrogens (tertiary/aromatic N) is 1. The second kappa shape index (κ2) is 12.0. The van der Waals surface area contributed by atoms with E-state index in [1.165, 1.54) is 4.90 Å². The number of anilines is 1. The summed E-state index contributed by atoms with van der Waals surface area (Å²) in [5.74, 6) is -2.29. The highest BCUT2D eigenvalue weighted by Gasteiger charge is 2.36. The lowest BCUT2D eigenvalue weighted by atomic mass is 10.1. The van der Waals surface area contributed by atoms with E-state index in [9.17, 15) is 19.2 Å². The Morgan fingerprint density at radius 1 is 1.06 bits per heavy atom. The van der Waals surface area contributed by atoms with Gasteiger partial charge in [-0.1, -0.05) is 43.7 Å². The number of esters is 2. The summed E-state index contributed by atoms with van der Waals surface area (Å²) in [5.41, 5.74) is 1.93. The molecule has 1 fully saturated rings. The smallest absolute Gasteiger partial charge is 0.338 e. The van der Waals surface area contributed by atoms with Crippen molar-refractivity contribution in [2.45, 2.75) is 39.2 Å². The fourth-order valence-electron chi connectivity index (χ4n) is 3.65. The van der Waals surface area contributed by atoms with Crippen molar-refractivity contribution in [1.29, 1.82) is 0 Å². The van der Waals surface area contributed by atoms with Gasteiger partial charge in [0.05, 0.1) is 24.1 Å². The van der Waals surface area contributed by atoms with Gasteiger partial charge >= 0.3 is 11.9 Å². The topological polar surface area (TPSA) is 102 Å². The maximum Gasteiger partial charge on any atom is 0.338 e. The van der Waals surface area contributed by atoms with Crippen LogP contribution in [-0.2, 0) is 23.9 Å². The number of nitrogens with one attached hydrogen (secondary N) is 1. The predicted molar refractivity (Wildman–Crippen MR) is 126 cm³/mol. The molecule has 1 aliphatic heterocycles. The molecule has 8 heteroatoms. The number of unbranched alkanes of at least 4 members (excludes halogenated alkanes) is 1. The van der Waals surface area contributed by atoms with E-state index >= 15 is 0 Å². The number of benzene rings is 2. The summed E-state index contributed by atoms with van der Waals surface area (Å²) in [7, 11) is 0. The summed E-state index contributed by atoms with van der Waals surface area (Å²) < 4.78 is 10.3. The lowest BCUT2D eigenvalue weighted by Crippen LogP contribution is -2.32. The molecule has 0 saturated carbocycles. The van der Waals surface area contributed by atoms with E-state index in [0.29, 0.717) is 17.9 Å². The third-order valence-corrected chi connectivity index (χ3v) is 5.63. The van der Waals surface area contributed by atoms with E-state index in [2.05, 4.69) is 5.32 Å². The Kier molecular flexibility index (Phi) is 8.79. The van der Waals surface area contributed by atoms with E-state index in [1.807, 2.05) is 44.2 Å². The van der Waals surface area contributed by atoms with Crippen LogP contribution in [0.5, 0.6) is 0 Å². The SMILES string of the molecule is CCCCOC(=O)c1ccc(N2C[C@@H](C(=O)OCC(=O)N[C@@H](C)c3ccccc3)CC2=O)cc1. The van der Waals surface area contributed by atoms with Crippen molar-refractivity contribution in [3.05, 3.63) is 65.7 Å². The molecule has 2 aromatic carbocycles. The molecule has 34 heavy (non-hydrogen) atoms. The maximum atomic E-state index is 12.5. The van der Waals surface area contributed by atoms with Crippen molar-refractivity contribution in [2.75, 3.05) is 24.7 Å². The molecule has 1 saturated heterocycles. The zero-order valence-corrected chi connectivity index (χ0v) is 19.5. The standard InChI is InChI=1S/C26H30N2O6/c1-3-4-14-33-25(31)20-10-12-22(13-11-20)28-16-21(15-24(28)30)26(32)34-17-23(29)27-18(2)19-8-6-5-7-9-19/h5-13,18,21H,3-4,14-17H2,1-2H3,(H,27,29)/t18-,21-/m0/s1. The van der Waals surface area contributed by atoms with Gasteiger partial charge in [-0.3, -0.25) is 14.4 Å². The van der Waals surface area contributed by atoms with Crippen LogP contribution in [0, 0.1) is 5.92 Å². The van der Waals surface area contributed by atoms with Gasteiger partial charge < -0.3 is 19.7 Å². The van der Waals surface area contributed by atoms with Gasteiger partial charge in [0.2, 0.25) is 5.91 Å². The van der Waals surface area contributed by atoms with Gasteiger partial charge in [0.1, 0.15) is 0 Å². The molecule has 0 aromatic heterocycles. The zero-order valence-electron chi connectivity index (χ0n) is 19.5. The van der Waals surface area contributed by atoms with Gasteiger partial charge in [0, 0.05) is 18.7 Å². The first-order chi connectivity index (χ1) is 16.4. The molecule has 1 N–H and O–H groups in total. The highest BCUT2D eigenvalue weighted by atomic mass is 16.5. The summed E-state index contributed by atoms with van der Waals surface area (Å²) >= 11 is 0. The number of ether oxygens (including phenoxy) is 2. The molecule has 0 spiro atoms. The van der Waals surface area contributed by atoms with Crippen LogP contribution in [0.2, 0.25) is 0 Å². The van der Waals surface area contributed by atoms with Gasteiger partial charge in [-0.15, -0.1) is 0 Å². The van der Waals surface area contributed by atoms with Gasteiger partial charge in [-0.25, -0.2) is 4.79 Å². The van der Waals surface area contributed by atoms with Crippen LogP contribution in [0.15, 0.2) is 54.6 Å². The Bertz CT molecular complexity index is 1010. The maximum absolute atomic E-state index is 12.5. The van der Waals surface area contributed by atoms with Gasteiger partial charge in [-0.05, 0) is 43.2 Å². The average Bonchev–Trinajstić information content (AvgIpc) is 3.25. The number of rotatable bonds is 10. The minimum atomic E-state index is -0.662. The predicted octanol–water partition coefficient (Wildman–Crippen LogP) is 3.42. The second-order valence-corrected chi connectivity index (χ2v) is 8.25. The molecular formula is C26H30N2O6. The molecule has 1 heterocycles. The number of carbonyl (C=O) groups excluding carboxylic acids is 4. The highest BCUT2D eigenvalue weighted by Crippen LogP contribution is 2.26. The molecule has 2 aromatic rings. The largest absolute Gasteiger partial charge is 0.462 e. The number of amides is 2. The normalized spacial score (nSPS) is 16.1. The molecule has 0 radical (unpaired) electrons. The Balaban J connectivity index is 1.48. The highest BCUT2D eigenvalue weighted by molar-refractivity contribution is 6.00. The van der Waals surface area contributed by atoms with Crippen molar-refractivity contribution in [2.24, 2.45) is 5.92 Å². The number of hydrogen-bond donors (Lipinski definition) is 1.